The Morgan fingerprint density at radius 1 is 1.19 bits per heavy atom. The summed E-state index contributed by atoms with van der Waals surface area (Å²) in [5.41, 5.74) is 6.39. The van der Waals surface area contributed by atoms with Crippen LogP contribution in [0.15, 0.2) is 40.9 Å². The van der Waals surface area contributed by atoms with Gasteiger partial charge in [-0.05, 0) is 54.7 Å². The highest BCUT2D eigenvalue weighted by Gasteiger charge is 2.20. The zero-order chi connectivity index (χ0) is 14.8. The number of benzene rings is 2. The van der Waals surface area contributed by atoms with Gasteiger partial charge in [-0.3, -0.25) is 0 Å². The summed E-state index contributed by atoms with van der Waals surface area (Å²) in [5, 5.41) is 3.52. The predicted molar refractivity (Wildman–Crippen MR) is 90.9 cm³/mol. The molecule has 0 aliphatic carbocycles. The largest absolute Gasteiger partial charge is 0.382 e. The van der Waals surface area contributed by atoms with Crippen molar-refractivity contribution in [3.8, 4) is 0 Å². The van der Waals surface area contributed by atoms with Crippen LogP contribution in [-0.2, 0) is 11.2 Å². The van der Waals surface area contributed by atoms with Crippen molar-refractivity contribution < 1.29 is 4.74 Å². The summed E-state index contributed by atoms with van der Waals surface area (Å²) in [5.74, 6) is 0. The SMILES string of the molecule is Cc1cc(NCC2OCCc3ccccc32)cc(C)c1Br. The highest BCUT2D eigenvalue weighted by molar-refractivity contribution is 9.10. The van der Waals surface area contributed by atoms with E-state index >= 15 is 0 Å². The third-order valence-electron chi connectivity index (χ3n) is 4.02. The minimum absolute atomic E-state index is 0.138. The highest BCUT2D eigenvalue weighted by atomic mass is 79.9. The Hall–Kier alpha value is -1.32. The van der Waals surface area contributed by atoms with Gasteiger partial charge in [0.05, 0.1) is 12.7 Å². The second-order valence-electron chi connectivity index (χ2n) is 5.61. The van der Waals surface area contributed by atoms with Gasteiger partial charge in [0.15, 0.2) is 0 Å². The lowest BCUT2D eigenvalue weighted by Crippen LogP contribution is -2.22. The molecule has 0 saturated carbocycles. The summed E-state index contributed by atoms with van der Waals surface area (Å²) in [6.07, 6.45) is 1.16. The topological polar surface area (TPSA) is 21.3 Å². The van der Waals surface area contributed by atoms with Crippen LogP contribution < -0.4 is 5.32 Å². The van der Waals surface area contributed by atoms with Crippen molar-refractivity contribution >= 4 is 21.6 Å². The molecule has 3 heteroatoms. The summed E-state index contributed by atoms with van der Waals surface area (Å²) >= 11 is 3.61. The normalized spacial score (nSPS) is 17.4. The molecule has 0 amide bonds. The maximum atomic E-state index is 5.94. The van der Waals surface area contributed by atoms with Crippen LogP contribution in [0.4, 0.5) is 5.69 Å². The fraction of sp³-hybridized carbons (Fsp3) is 0.333. The molecule has 2 aromatic rings. The number of nitrogens with one attached hydrogen (secondary N) is 1. The smallest absolute Gasteiger partial charge is 0.0999 e. The van der Waals surface area contributed by atoms with Crippen molar-refractivity contribution in [3.05, 3.63) is 63.1 Å². The first-order valence-electron chi connectivity index (χ1n) is 7.35. The molecule has 0 spiro atoms. The van der Waals surface area contributed by atoms with Crippen molar-refractivity contribution in [1.29, 1.82) is 0 Å². The van der Waals surface area contributed by atoms with Crippen LogP contribution in [0.2, 0.25) is 0 Å². The second kappa shape index (κ2) is 6.20. The Labute approximate surface area is 134 Å². The number of hydrogen-bond acceptors (Lipinski definition) is 2. The molecule has 1 atom stereocenters. The Bertz CT molecular complexity index is 630. The summed E-state index contributed by atoms with van der Waals surface area (Å²) in [7, 11) is 0. The van der Waals surface area contributed by atoms with Crippen LogP contribution in [0.1, 0.15) is 28.4 Å². The van der Waals surface area contributed by atoms with E-state index in [4.69, 9.17) is 4.74 Å². The lowest BCUT2D eigenvalue weighted by molar-refractivity contribution is 0.0513. The van der Waals surface area contributed by atoms with Gasteiger partial charge >= 0.3 is 0 Å². The van der Waals surface area contributed by atoms with Gasteiger partial charge in [0.2, 0.25) is 0 Å². The van der Waals surface area contributed by atoms with E-state index in [2.05, 4.69) is 71.5 Å². The number of hydrogen-bond donors (Lipinski definition) is 1. The number of halogens is 1. The fourth-order valence-corrected chi connectivity index (χ4v) is 3.13. The number of ether oxygens (including phenoxy) is 1. The fourth-order valence-electron chi connectivity index (χ4n) is 2.90. The first-order valence-corrected chi connectivity index (χ1v) is 8.14. The van der Waals surface area contributed by atoms with E-state index in [1.165, 1.54) is 26.7 Å². The van der Waals surface area contributed by atoms with Crippen molar-refractivity contribution in [2.75, 3.05) is 18.5 Å². The molecule has 21 heavy (non-hydrogen) atoms. The van der Waals surface area contributed by atoms with Crippen LogP contribution in [-0.4, -0.2) is 13.2 Å². The van der Waals surface area contributed by atoms with Gasteiger partial charge in [-0.1, -0.05) is 40.2 Å². The number of rotatable bonds is 3. The lowest BCUT2D eigenvalue weighted by atomic mass is 9.97. The molecule has 1 N–H and O–H groups in total. The molecule has 0 bridgehead atoms. The third-order valence-corrected chi connectivity index (χ3v) is 5.27. The van der Waals surface area contributed by atoms with Crippen molar-refractivity contribution in [1.82, 2.24) is 0 Å². The predicted octanol–water partition coefficient (Wildman–Crippen LogP) is 4.79. The molecule has 0 radical (unpaired) electrons. The van der Waals surface area contributed by atoms with E-state index in [1.54, 1.807) is 0 Å². The van der Waals surface area contributed by atoms with E-state index in [1.807, 2.05) is 0 Å². The van der Waals surface area contributed by atoms with Crippen molar-refractivity contribution in [2.45, 2.75) is 26.4 Å². The molecule has 3 rings (SSSR count). The van der Waals surface area contributed by atoms with Gasteiger partial charge < -0.3 is 10.1 Å². The molecule has 0 saturated heterocycles. The zero-order valence-corrected chi connectivity index (χ0v) is 14.0. The Morgan fingerprint density at radius 2 is 1.90 bits per heavy atom. The molecule has 0 fully saturated rings. The second-order valence-corrected chi connectivity index (χ2v) is 6.41. The molecular weight excluding hydrogens is 326 g/mol. The highest BCUT2D eigenvalue weighted by Crippen LogP contribution is 2.29. The number of aryl methyl sites for hydroxylation is 2. The maximum absolute atomic E-state index is 5.94. The molecule has 0 aromatic heterocycles. The molecule has 1 heterocycles. The minimum atomic E-state index is 0.138. The average molecular weight is 346 g/mol. The van der Waals surface area contributed by atoms with Crippen LogP contribution in [0.3, 0.4) is 0 Å². The van der Waals surface area contributed by atoms with Crippen LogP contribution in [0.5, 0.6) is 0 Å². The molecule has 1 unspecified atom stereocenters. The quantitative estimate of drug-likeness (QED) is 0.863. The van der Waals surface area contributed by atoms with Crippen LogP contribution in [0, 0.1) is 13.8 Å². The van der Waals surface area contributed by atoms with Crippen LogP contribution in [0.25, 0.3) is 0 Å². The van der Waals surface area contributed by atoms with Gasteiger partial charge in [0.1, 0.15) is 0 Å². The lowest BCUT2D eigenvalue weighted by Gasteiger charge is -2.26. The van der Waals surface area contributed by atoms with E-state index in [0.29, 0.717) is 0 Å². The number of fused-ring (bicyclic) bond motifs is 1. The van der Waals surface area contributed by atoms with E-state index in [0.717, 1.165) is 25.3 Å². The van der Waals surface area contributed by atoms with Gasteiger partial charge in [0.25, 0.3) is 0 Å². The van der Waals surface area contributed by atoms with E-state index in [9.17, 15) is 0 Å². The van der Waals surface area contributed by atoms with Crippen molar-refractivity contribution in [3.63, 3.8) is 0 Å². The van der Waals surface area contributed by atoms with Gasteiger partial charge in [-0.15, -0.1) is 0 Å². The van der Waals surface area contributed by atoms with Crippen molar-refractivity contribution in [2.24, 2.45) is 0 Å². The first kappa shape index (κ1) is 14.6. The standard InChI is InChI=1S/C18H20BrNO/c1-12-9-15(10-13(2)18(12)19)20-11-17-16-6-4-3-5-14(16)7-8-21-17/h3-6,9-10,17,20H,7-8,11H2,1-2H3. The van der Waals surface area contributed by atoms with Gasteiger partial charge in [-0.2, -0.15) is 0 Å². The Kier molecular flexibility index (Phi) is 4.32. The molecule has 2 nitrogen and oxygen atoms in total. The molecule has 2 aromatic carbocycles. The average Bonchev–Trinajstić information content (AvgIpc) is 2.50. The summed E-state index contributed by atoms with van der Waals surface area (Å²) < 4.78 is 7.13. The van der Waals surface area contributed by atoms with E-state index in [-0.39, 0.29) is 6.10 Å². The summed E-state index contributed by atoms with van der Waals surface area (Å²) in [6.45, 7) is 5.85. The third kappa shape index (κ3) is 3.14. The first-order chi connectivity index (χ1) is 10.1. The van der Waals surface area contributed by atoms with Gasteiger partial charge in [-0.25, -0.2) is 0 Å². The summed E-state index contributed by atoms with van der Waals surface area (Å²) in [6, 6.07) is 12.9. The summed E-state index contributed by atoms with van der Waals surface area (Å²) in [4.78, 5) is 0. The minimum Gasteiger partial charge on any atom is -0.382 e. The van der Waals surface area contributed by atoms with Crippen LogP contribution >= 0.6 is 15.9 Å². The molecule has 1 aliphatic heterocycles. The molecular formula is C18H20BrNO. The Balaban J connectivity index is 1.74. The Morgan fingerprint density at radius 3 is 2.67 bits per heavy atom. The molecule has 110 valence electrons. The zero-order valence-electron chi connectivity index (χ0n) is 12.4. The van der Waals surface area contributed by atoms with Gasteiger partial charge in [0, 0.05) is 16.7 Å². The molecule has 1 aliphatic rings. The van der Waals surface area contributed by atoms with E-state index < -0.39 is 0 Å². The maximum Gasteiger partial charge on any atom is 0.0999 e. The number of anilines is 1. The monoisotopic (exact) mass is 345 g/mol.